The summed E-state index contributed by atoms with van der Waals surface area (Å²) in [6, 6.07) is 13.5. The summed E-state index contributed by atoms with van der Waals surface area (Å²) in [7, 11) is 7.66. The lowest BCUT2D eigenvalue weighted by Gasteiger charge is -2.21. The number of carbonyl (C=O) groups is 1. The van der Waals surface area contributed by atoms with E-state index in [9.17, 15) is 9.90 Å². The number of benzene rings is 2. The predicted molar refractivity (Wildman–Crippen MR) is 94.5 cm³/mol. The molecule has 24 heavy (non-hydrogen) atoms. The summed E-state index contributed by atoms with van der Waals surface area (Å²) in [5.74, 6) is 0.246. The van der Waals surface area contributed by atoms with Crippen LogP contribution in [0.15, 0.2) is 48.5 Å². The van der Waals surface area contributed by atoms with Crippen LogP contribution in [0, 0.1) is 0 Å². The fraction of sp³-hybridized carbons (Fsp3) is 0.316. The van der Waals surface area contributed by atoms with Crippen molar-refractivity contribution in [2.75, 3.05) is 41.4 Å². The highest BCUT2D eigenvalue weighted by molar-refractivity contribution is 6.10. The minimum Gasteiger partial charge on any atom is -0.507 e. The Kier molecular flexibility index (Phi) is 7.42. The quantitative estimate of drug-likeness (QED) is 0.651. The number of aliphatic hydroxyl groups excluding tert-OH is 1. The van der Waals surface area contributed by atoms with E-state index in [-0.39, 0.29) is 23.7 Å². The summed E-state index contributed by atoms with van der Waals surface area (Å²) >= 11 is 0. The van der Waals surface area contributed by atoms with Crippen molar-refractivity contribution in [1.29, 1.82) is 0 Å². The second kappa shape index (κ2) is 9.05. The minimum atomic E-state index is -0.203. The molecule has 0 amide bonds. The first-order valence-corrected chi connectivity index (χ1v) is 7.66. The number of rotatable bonds is 5. The number of methoxy groups -OCH3 is 1. The van der Waals surface area contributed by atoms with Crippen LogP contribution in [0.1, 0.15) is 15.9 Å². The molecular weight excluding hydrogens is 306 g/mol. The standard InChI is InChI=1S/C14H12O3.C5H14NO/c1-17-11-7-8-12(13(15)9-11)14(16)10-5-3-2-4-6-10;1-6(2,3)4-5-7/h2-9,15H,1H3;7H,4-5H2,1-3H3/q;+1. The summed E-state index contributed by atoms with van der Waals surface area (Å²) in [4.78, 5) is 12.1. The van der Waals surface area contributed by atoms with Crippen molar-refractivity contribution in [2.24, 2.45) is 0 Å². The minimum absolute atomic E-state index is 0.0711. The lowest BCUT2D eigenvalue weighted by molar-refractivity contribution is -0.870. The third-order valence-electron chi connectivity index (χ3n) is 3.26. The molecule has 5 heteroatoms. The smallest absolute Gasteiger partial charge is 0.196 e. The number of phenols is 1. The molecule has 2 rings (SSSR count). The van der Waals surface area contributed by atoms with Gasteiger partial charge in [0.25, 0.3) is 0 Å². The Balaban J connectivity index is 0.000000351. The summed E-state index contributed by atoms with van der Waals surface area (Å²) in [5.41, 5.74) is 0.824. The van der Waals surface area contributed by atoms with E-state index in [1.165, 1.54) is 13.2 Å². The van der Waals surface area contributed by atoms with Gasteiger partial charge in [0.1, 0.15) is 18.0 Å². The van der Waals surface area contributed by atoms with Crippen LogP contribution in [0.5, 0.6) is 11.5 Å². The largest absolute Gasteiger partial charge is 0.507 e. The molecule has 0 saturated heterocycles. The number of aliphatic hydroxyl groups is 1. The van der Waals surface area contributed by atoms with Gasteiger partial charge in [-0.3, -0.25) is 4.79 Å². The molecule has 130 valence electrons. The summed E-state index contributed by atoms with van der Waals surface area (Å²) in [5, 5.41) is 18.1. The normalized spacial score (nSPS) is 10.5. The fourth-order valence-electron chi connectivity index (χ4n) is 1.88. The van der Waals surface area contributed by atoms with E-state index in [1.807, 2.05) is 6.07 Å². The molecule has 0 heterocycles. The van der Waals surface area contributed by atoms with Crippen LogP contribution in [0.4, 0.5) is 0 Å². The monoisotopic (exact) mass is 332 g/mol. The van der Waals surface area contributed by atoms with E-state index in [0.717, 1.165) is 11.0 Å². The first-order valence-electron chi connectivity index (χ1n) is 7.66. The Morgan fingerprint density at radius 3 is 2.12 bits per heavy atom. The fourth-order valence-corrected chi connectivity index (χ4v) is 1.88. The maximum absolute atomic E-state index is 12.1. The Morgan fingerprint density at radius 2 is 1.71 bits per heavy atom. The van der Waals surface area contributed by atoms with E-state index in [4.69, 9.17) is 9.84 Å². The van der Waals surface area contributed by atoms with E-state index in [2.05, 4.69) is 21.1 Å². The van der Waals surface area contributed by atoms with Crippen LogP contribution in [-0.4, -0.2) is 61.9 Å². The number of carbonyl (C=O) groups excluding carboxylic acids is 1. The third kappa shape index (κ3) is 6.40. The number of phenolic OH excluding ortho intramolecular Hbond substituents is 1. The number of likely N-dealkylation sites (N-methyl/N-ethyl adjacent to an activating group) is 1. The van der Waals surface area contributed by atoms with Gasteiger partial charge >= 0.3 is 0 Å². The third-order valence-corrected chi connectivity index (χ3v) is 3.26. The van der Waals surface area contributed by atoms with Gasteiger partial charge in [-0.2, -0.15) is 0 Å². The zero-order valence-corrected chi connectivity index (χ0v) is 14.7. The summed E-state index contributed by atoms with van der Waals surface area (Å²) < 4.78 is 5.81. The zero-order chi connectivity index (χ0) is 18.2. The zero-order valence-electron chi connectivity index (χ0n) is 14.7. The van der Waals surface area contributed by atoms with Crippen molar-refractivity contribution in [3.05, 3.63) is 59.7 Å². The van der Waals surface area contributed by atoms with Gasteiger partial charge in [-0.15, -0.1) is 0 Å². The van der Waals surface area contributed by atoms with Gasteiger partial charge in [-0.1, -0.05) is 30.3 Å². The Hall–Kier alpha value is -2.37. The second-order valence-corrected chi connectivity index (χ2v) is 6.32. The molecule has 0 radical (unpaired) electrons. The molecule has 0 atom stereocenters. The van der Waals surface area contributed by atoms with Gasteiger partial charge in [0.05, 0.1) is 40.4 Å². The highest BCUT2D eigenvalue weighted by Gasteiger charge is 2.13. The number of nitrogens with zero attached hydrogens (tertiary/aromatic N) is 1. The molecule has 0 unspecified atom stereocenters. The topological polar surface area (TPSA) is 66.8 Å². The summed E-state index contributed by atoms with van der Waals surface area (Å²) in [6.07, 6.45) is 0. The highest BCUT2D eigenvalue weighted by Crippen LogP contribution is 2.25. The van der Waals surface area contributed by atoms with Gasteiger partial charge in [0.2, 0.25) is 0 Å². The molecule has 0 spiro atoms. The van der Waals surface area contributed by atoms with Crippen molar-refractivity contribution < 1.29 is 24.2 Å². The van der Waals surface area contributed by atoms with Crippen LogP contribution in [0.25, 0.3) is 0 Å². The van der Waals surface area contributed by atoms with E-state index < -0.39 is 0 Å². The predicted octanol–water partition coefficient (Wildman–Crippen LogP) is 2.32. The molecule has 0 aliphatic carbocycles. The number of hydrogen-bond donors (Lipinski definition) is 2. The van der Waals surface area contributed by atoms with E-state index in [0.29, 0.717) is 11.3 Å². The number of hydrogen-bond acceptors (Lipinski definition) is 4. The first kappa shape index (κ1) is 19.7. The number of ether oxygens (including phenoxy) is 1. The maximum atomic E-state index is 12.1. The molecule has 0 bridgehead atoms. The van der Waals surface area contributed by atoms with Crippen molar-refractivity contribution in [2.45, 2.75) is 0 Å². The van der Waals surface area contributed by atoms with Crippen molar-refractivity contribution in [1.82, 2.24) is 0 Å². The average molecular weight is 332 g/mol. The lowest BCUT2D eigenvalue weighted by atomic mass is 10.0. The summed E-state index contributed by atoms with van der Waals surface area (Å²) in [6.45, 7) is 1.11. The van der Waals surface area contributed by atoms with Crippen LogP contribution >= 0.6 is 0 Å². The molecule has 2 N–H and O–H groups in total. The lowest BCUT2D eigenvalue weighted by Crippen LogP contribution is -2.36. The Bertz CT molecular complexity index is 648. The second-order valence-electron chi connectivity index (χ2n) is 6.32. The van der Waals surface area contributed by atoms with Crippen LogP contribution in [0.3, 0.4) is 0 Å². The van der Waals surface area contributed by atoms with Gasteiger partial charge in [0, 0.05) is 11.6 Å². The number of ketones is 1. The molecule has 5 nitrogen and oxygen atoms in total. The van der Waals surface area contributed by atoms with Gasteiger partial charge in [0.15, 0.2) is 5.78 Å². The molecule has 0 aliphatic rings. The van der Waals surface area contributed by atoms with Gasteiger partial charge < -0.3 is 19.4 Å². The molecule has 0 fully saturated rings. The first-order chi connectivity index (χ1) is 11.3. The number of aromatic hydroxyl groups is 1. The van der Waals surface area contributed by atoms with Crippen molar-refractivity contribution in [3.8, 4) is 11.5 Å². The maximum Gasteiger partial charge on any atom is 0.196 e. The average Bonchev–Trinajstić information content (AvgIpc) is 2.54. The number of quaternary nitrogens is 1. The highest BCUT2D eigenvalue weighted by atomic mass is 16.5. The molecule has 2 aromatic rings. The van der Waals surface area contributed by atoms with Gasteiger partial charge in [-0.05, 0) is 12.1 Å². The van der Waals surface area contributed by atoms with Crippen LogP contribution in [0.2, 0.25) is 0 Å². The molecule has 0 saturated carbocycles. The van der Waals surface area contributed by atoms with E-state index >= 15 is 0 Å². The SMILES string of the molecule is COc1ccc(C(=O)c2ccccc2)c(O)c1.C[N+](C)(C)CCO. The van der Waals surface area contributed by atoms with Crippen LogP contribution in [-0.2, 0) is 0 Å². The van der Waals surface area contributed by atoms with Crippen molar-refractivity contribution >= 4 is 5.78 Å². The molecular formula is C19H26NO4+. The Labute approximate surface area is 143 Å². The molecule has 2 aromatic carbocycles. The van der Waals surface area contributed by atoms with Crippen molar-refractivity contribution in [3.63, 3.8) is 0 Å². The Morgan fingerprint density at radius 1 is 1.08 bits per heavy atom. The van der Waals surface area contributed by atoms with Gasteiger partial charge in [-0.25, -0.2) is 0 Å². The molecule has 0 aromatic heterocycles. The van der Waals surface area contributed by atoms with Crippen LogP contribution < -0.4 is 4.74 Å². The molecule has 0 aliphatic heterocycles. The van der Waals surface area contributed by atoms with E-state index in [1.54, 1.807) is 36.4 Å².